The van der Waals surface area contributed by atoms with Gasteiger partial charge in [0, 0.05) is 29.6 Å². The predicted molar refractivity (Wildman–Crippen MR) is 51.8 cm³/mol. The number of hydrogen-bond donors (Lipinski definition) is 1. The van der Waals surface area contributed by atoms with Crippen molar-refractivity contribution in [2.24, 2.45) is 0 Å². The topological polar surface area (TPSA) is 51.8 Å². The Balaban J connectivity index is 2.49. The van der Waals surface area contributed by atoms with Gasteiger partial charge in [-0.2, -0.15) is 0 Å². The third-order valence-electron chi connectivity index (χ3n) is 1.91. The summed E-state index contributed by atoms with van der Waals surface area (Å²) in [4.78, 5) is 7.45. The van der Waals surface area contributed by atoms with Gasteiger partial charge in [0.05, 0.1) is 0 Å². The van der Waals surface area contributed by atoms with Gasteiger partial charge >= 0.3 is 0 Å². The van der Waals surface area contributed by atoms with Crippen LogP contribution in [0.15, 0.2) is 30.6 Å². The average molecular weight is 207 g/mol. The summed E-state index contributed by atoms with van der Waals surface area (Å²) in [6.45, 7) is 0. The number of anilines is 1. The summed E-state index contributed by atoms with van der Waals surface area (Å²) >= 11 is 0. The van der Waals surface area contributed by atoms with Crippen molar-refractivity contribution < 1.29 is 8.78 Å². The van der Waals surface area contributed by atoms with E-state index in [1.54, 1.807) is 0 Å². The second-order valence-corrected chi connectivity index (χ2v) is 2.95. The van der Waals surface area contributed by atoms with E-state index in [0.29, 0.717) is 5.56 Å². The fourth-order valence-corrected chi connectivity index (χ4v) is 1.20. The van der Waals surface area contributed by atoms with Crippen molar-refractivity contribution in [2.75, 3.05) is 5.73 Å². The lowest BCUT2D eigenvalue weighted by atomic mass is 10.1. The molecule has 2 N–H and O–H groups in total. The van der Waals surface area contributed by atoms with Crippen LogP contribution in [0.1, 0.15) is 0 Å². The van der Waals surface area contributed by atoms with Gasteiger partial charge in [0.25, 0.3) is 0 Å². The van der Waals surface area contributed by atoms with E-state index in [1.807, 2.05) is 0 Å². The molecular formula is C10H7F2N3. The lowest BCUT2D eigenvalue weighted by Gasteiger charge is -2.02. The number of halogens is 2. The second kappa shape index (κ2) is 3.61. The number of benzene rings is 1. The van der Waals surface area contributed by atoms with Crippen molar-refractivity contribution in [2.45, 2.75) is 0 Å². The maximum Gasteiger partial charge on any atom is 0.219 e. The normalized spacial score (nSPS) is 10.3. The van der Waals surface area contributed by atoms with Crippen LogP contribution in [0.5, 0.6) is 0 Å². The molecule has 0 saturated carbocycles. The standard InChI is InChI=1S/C10H7F2N3/c11-7-1-2-8(9(12)3-7)6-4-14-10(13)15-5-6/h1-5H,(H2,13,14,15). The first kappa shape index (κ1) is 9.51. The van der Waals surface area contributed by atoms with Crippen LogP contribution in [0.25, 0.3) is 11.1 Å². The van der Waals surface area contributed by atoms with Gasteiger partial charge in [-0.05, 0) is 12.1 Å². The monoisotopic (exact) mass is 207 g/mol. The minimum absolute atomic E-state index is 0.112. The number of nitrogens with zero attached hydrogens (tertiary/aromatic N) is 2. The third-order valence-corrected chi connectivity index (χ3v) is 1.91. The molecule has 0 aliphatic carbocycles. The van der Waals surface area contributed by atoms with Crippen LogP contribution in [0, 0.1) is 11.6 Å². The number of nitrogen functional groups attached to an aromatic ring is 1. The summed E-state index contributed by atoms with van der Waals surface area (Å²) in [6.07, 6.45) is 2.78. The molecule has 0 radical (unpaired) electrons. The number of rotatable bonds is 1. The summed E-state index contributed by atoms with van der Waals surface area (Å²) in [5.41, 5.74) is 6.00. The first-order chi connectivity index (χ1) is 7.16. The SMILES string of the molecule is Nc1ncc(-c2ccc(F)cc2F)cn1. The summed E-state index contributed by atoms with van der Waals surface area (Å²) in [7, 11) is 0. The van der Waals surface area contributed by atoms with Gasteiger partial charge in [0.1, 0.15) is 11.6 Å². The first-order valence-corrected chi connectivity index (χ1v) is 4.20. The molecule has 5 heteroatoms. The smallest absolute Gasteiger partial charge is 0.219 e. The largest absolute Gasteiger partial charge is 0.368 e. The zero-order chi connectivity index (χ0) is 10.8. The molecule has 0 bridgehead atoms. The van der Waals surface area contributed by atoms with E-state index in [-0.39, 0.29) is 11.5 Å². The third kappa shape index (κ3) is 1.90. The molecule has 15 heavy (non-hydrogen) atoms. The Hall–Kier alpha value is -2.04. The van der Waals surface area contributed by atoms with E-state index < -0.39 is 11.6 Å². The summed E-state index contributed by atoms with van der Waals surface area (Å²) in [5, 5.41) is 0. The fraction of sp³-hybridized carbons (Fsp3) is 0. The highest BCUT2D eigenvalue weighted by atomic mass is 19.1. The molecule has 0 saturated heterocycles. The van der Waals surface area contributed by atoms with Gasteiger partial charge in [0.2, 0.25) is 5.95 Å². The molecule has 0 aliphatic rings. The van der Waals surface area contributed by atoms with E-state index in [1.165, 1.54) is 24.5 Å². The lowest BCUT2D eigenvalue weighted by Crippen LogP contribution is -1.94. The van der Waals surface area contributed by atoms with Crippen molar-refractivity contribution in [1.82, 2.24) is 9.97 Å². The van der Waals surface area contributed by atoms with Crippen molar-refractivity contribution in [3.63, 3.8) is 0 Å². The molecule has 2 aromatic rings. The highest BCUT2D eigenvalue weighted by molar-refractivity contribution is 5.62. The molecule has 3 nitrogen and oxygen atoms in total. The van der Waals surface area contributed by atoms with Crippen LogP contribution in [0.3, 0.4) is 0 Å². The van der Waals surface area contributed by atoms with Gasteiger partial charge in [0.15, 0.2) is 0 Å². The van der Waals surface area contributed by atoms with E-state index in [2.05, 4.69) is 9.97 Å². The molecule has 0 atom stereocenters. The van der Waals surface area contributed by atoms with Gasteiger partial charge < -0.3 is 5.73 Å². The van der Waals surface area contributed by atoms with Crippen molar-refractivity contribution in [3.8, 4) is 11.1 Å². The van der Waals surface area contributed by atoms with Crippen LogP contribution in [-0.4, -0.2) is 9.97 Å². The van der Waals surface area contributed by atoms with E-state index in [0.717, 1.165) is 6.07 Å². The molecule has 0 unspecified atom stereocenters. The van der Waals surface area contributed by atoms with Crippen LogP contribution in [0.4, 0.5) is 14.7 Å². The van der Waals surface area contributed by atoms with E-state index >= 15 is 0 Å². The van der Waals surface area contributed by atoms with Gasteiger partial charge in [-0.15, -0.1) is 0 Å². The average Bonchev–Trinajstić information content (AvgIpc) is 2.20. The van der Waals surface area contributed by atoms with Gasteiger partial charge in [-0.25, -0.2) is 18.7 Å². The Kier molecular flexibility index (Phi) is 2.29. The molecule has 0 amide bonds. The maximum atomic E-state index is 13.3. The quantitative estimate of drug-likeness (QED) is 0.778. The summed E-state index contributed by atoms with van der Waals surface area (Å²) in [6, 6.07) is 3.32. The molecular weight excluding hydrogens is 200 g/mol. The summed E-state index contributed by atoms with van der Waals surface area (Å²) in [5.74, 6) is -1.16. The zero-order valence-electron chi connectivity index (χ0n) is 7.61. The number of aromatic nitrogens is 2. The molecule has 0 fully saturated rings. The van der Waals surface area contributed by atoms with Crippen LogP contribution in [-0.2, 0) is 0 Å². The Morgan fingerprint density at radius 1 is 1.07 bits per heavy atom. The Bertz CT molecular complexity index is 483. The molecule has 0 aliphatic heterocycles. The van der Waals surface area contributed by atoms with Crippen LogP contribution < -0.4 is 5.73 Å². The Morgan fingerprint density at radius 2 is 1.73 bits per heavy atom. The molecule has 76 valence electrons. The van der Waals surface area contributed by atoms with Crippen LogP contribution >= 0.6 is 0 Å². The molecule has 0 spiro atoms. The van der Waals surface area contributed by atoms with E-state index in [4.69, 9.17) is 5.73 Å². The first-order valence-electron chi connectivity index (χ1n) is 4.20. The number of nitrogens with two attached hydrogens (primary N) is 1. The van der Waals surface area contributed by atoms with Crippen molar-refractivity contribution >= 4 is 5.95 Å². The minimum Gasteiger partial charge on any atom is -0.368 e. The van der Waals surface area contributed by atoms with Gasteiger partial charge in [-0.1, -0.05) is 0 Å². The van der Waals surface area contributed by atoms with Crippen molar-refractivity contribution in [1.29, 1.82) is 0 Å². The molecule has 1 aromatic heterocycles. The molecule has 1 heterocycles. The maximum absolute atomic E-state index is 13.3. The summed E-state index contributed by atoms with van der Waals surface area (Å²) < 4.78 is 25.9. The van der Waals surface area contributed by atoms with Gasteiger partial charge in [-0.3, -0.25) is 0 Å². The highest BCUT2D eigenvalue weighted by Gasteiger charge is 2.06. The van der Waals surface area contributed by atoms with Crippen molar-refractivity contribution in [3.05, 3.63) is 42.2 Å². The Morgan fingerprint density at radius 3 is 2.33 bits per heavy atom. The molecule has 1 aromatic carbocycles. The number of hydrogen-bond acceptors (Lipinski definition) is 3. The zero-order valence-corrected chi connectivity index (χ0v) is 7.61. The fourth-order valence-electron chi connectivity index (χ4n) is 1.20. The predicted octanol–water partition coefficient (Wildman–Crippen LogP) is 2.00. The van der Waals surface area contributed by atoms with E-state index in [9.17, 15) is 8.78 Å². The minimum atomic E-state index is -0.650. The molecule has 2 rings (SSSR count). The van der Waals surface area contributed by atoms with Crippen LogP contribution in [0.2, 0.25) is 0 Å². The second-order valence-electron chi connectivity index (χ2n) is 2.95. The Labute approximate surface area is 84.6 Å². The highest BCUT2D eigenvalue weighted by Crippen LogP contribution is 2.21. The lowest BCUT2D eigenvalue weighted by molar-refractivity contribution is 0.585.